The van der Waals surface area contributed by atoms with E-state index in [1.165, 1.54) is 12.0 Å². The fourth-order valence-electron chi connectivity index (χ4n) is 3.59. The zero-order valence-corrected chi connectivity index (χ0v) is 17.2. The van der Waals surface area contributed by atoms with E-state index >= 15 is 0 Å². The number of halogens is 1. The van der Waals surface area contributed by atoms with Crippen molar-refractivity contribution >= 4 is 24.0 Å². The molecule has 0 saturated carbocycles. The lowest BCUT2D eigenvalue weighted by atomic mass is 9.98. The summed E-state index contributed by atoms with van der Waals surface area (Å²) in [5.74, 6) is 1.32. The summed E-state index contributed by atoms with van der Waals surface area (Å²) in [4.78, 5) is 21.2. The number of carbonyl (C=O) groups excluding carboxylic acids is 1. The summed E-state index contributed by atoms with van der Waals surface area (Å²) >= 11 is 0. The molecule has 1 unspecified atom stereocenters. The monoisotopic (exact) mass is 408 g/mol. The molecule has 1 fully saturated rings. The zero-order valence-electron chi connectivity index (χ0n) is 16.4. The van der Waals surface area contributed by atoms with Gasteiger partial charge in [0.1, 0.15) is 5.82 Å². The lowest BCUT2D eigenvalue weighted by Crippen LogP contribution is -2.13. The lowest BCUT2D eigenvalue weighted by Gasteiger charge is -2.10. The molecular weight excluding hydrogens is 384 g/mol. The van der Waals surface area contributed by atoms with Crippen LogP contribution in [0.5, 0.6) is 0 Å². The first-order valence-electron chi connectivity index (χ1n) is 9.68. The number of hydrogen-bond donors (Lipinski definition) is 2. The maximum absolute atomic E-state index is 12.6. The summed E-state index contributed by atoms with van der Waals surface area (Å²) in [6.45, 7) is 4.06. The van der Waals surface area contributed by atoms with Gasteiger partial charge in [0.25, 0.3) is 5.91 Å². The molecule has 2 N–H and O–H groups in total. The van der Waals surface area contributed by atoms with Crippen molar-refractivity contribution in [2.24, 2.45) is 5.92 Å². The average Bonchev–Trinajstić information content (AvgIpc) is 3.22. The van der Waals surface area contributed by atoms with E-state index < -0.39 is 0 Å². The number of nitrogens with zero attached hydrogens (tertiary/aromatic N) is 2. The molecule has 6 heteroatoms. The van der Waals surface area contributed by atoms with E-state index in [4.69, 9.17) is 0 Å². The third-order valence-electron chi connectivity index (χ3n) is 5.10. The molecule has 0 radical (unpaired) electrons. The highest BCUT2D eigenvalue weighted by molar-refractivity contribution is 6.04. The Bertz CT molecular complexity index is 969. The van der Waals surface area contributed by atoms with Gasteiger partial charge in [-0.25, -0.2) is 9.97 Å². The van der Waals surface area contributed by atoms with E-state index in [1.807, 2.05) is 49.4 Å². The van der Waals surface area contributed by atoms with Gasteiger partial charge in [0.05, 0.1) is 5.69 Å². The summed E-state index contributed by atoms with van der Waals surface area (Å²) in [5, 5.41) is 6.38. The maximum Gasteiger partial charge on any atom is 0.255 e. The normalized spacial score (nSPS) is 15.6. The quantitative estimate of drug-likeness (QED) is 0.661. The molecule has 1 aliphatic heterocycles. The third kappa shape index (κ3) is 5.40. The van der Waals surface area contributed by atoms with Crippen molar-refractivity contribution < 1.29 is 4.79 Å². The number of benzene rings is 2. The third-order valence-corrected chi connectivity index (χ3v) is 5.10. The largest absolute Gasteiger partial charge is 0.322 e. The molecule has 0 bridgehead atoms. The highest BCUT2D eigenvalue weighted by Gasteiger charge is 2.15. The van der Waals surface area contributed by atoms with Crippen LogP contribution in [0.3, 0.4) is 0 Å². The van der Waals surface area contributed by atoms with Crippen molar-refractivity contribution in [1.29, 1.82) is 0 Å². The van der Waals surface area contributed by atoms with Crippen LogP contribution in [-0.2, 0) is 6.42 Å². The standard InChI is InChI=1S/C23H24N4O.ClH/c1-16-25-12-10-22(26-16)20-3-2-4-21(14-20)27-23(28)19-7-5-17(6-8-19)13-18-9-11-24-15-18;/h2-8,10,12,14,18,24H,9,11,13,15H2,1H3,(H,27,28);1H. The first-order valence-corrected chi connectivity index (χ1v) is 9.68. The van der Waals surface area contributed by atoms with Gasteiger partial charge in [0.15, 0.2) is 0 Å². The molecule has 1 aromatic heterocycles. The predicted octanol–water partition coefficient (Wildman–Crippen LogP) is 4.28. The summed E-state index contributed by atoms with van der Waals surface area (Å²) in [7, 11) is 0. The second-order valence-electron chi connectivity index (χ2n) is 7.28. The van der Waals surface area contributed by atoms with Gasteiger partial charge < -0.3 is 10.6 Å². The van der Waals surface area contributed by atoms with E-state index in [9.17, 15) is 4.79 Å². The molecule has 29 heavy (non-hydrogen) atoms. The van der Waals surface area contributed by atoms with Gasteiger partial charge in [-0.15, -0.1) is 12.4 Å². The first-order chi connectivity index (χ1) is 13.7. The number of aromatic nitrogens is 2. The fourth-order valence-corrected chi connectivity index (χ4v) is 3.59. The topological polar surface area (TPSA) is 66.9 Å². The van der Waals surface area contributed by atoms with Crippen LogP contribution in [0.15, 0.2) is 60.8 Å². The molecule has 1 atom stereocenters. The minimum absolute atomic E-state index is 0. The Kier molecular flexibility index (Phi) is 6.96. The number of carbonyl (C=O) groups is 1. The number of anilines is 1. The highest BCUT2D eigenvalue weighted by Crippen LogP contribution is 2.21. The lowest BCUT2D eigenvalue weighted by molar-refractivity contribution is 0.102. The van der Waals surface area contributed by atoms with Crippen molar-refractivity contribution in [3.63, 3.8) is 0 Å². The second-order valence-corrected chi connectivity index (χ2v) is 7.28. The number of amides is 1. The van der Waals surface area contributed by atoms with Gasteiger partial charge in [-0.2, -0.15) is 0 Å². The zero-order chi connectivity index (χ0) is 19.3. The Morgan fingerprint density at radius 3 is 2.72 bits per heavy atom. The van der Waals surface area contributed by atoms with Crippen molar-refractivity contribution in [1.82, 2.24) is 15.3 Å². The SMILES string of the molecule is Cc1nccc(-c2cccc(NC(=O)c3ccc(CC4CCNC4)cc3)c2)n1.Cl. The van der Waals surface area contributed by atoms with Crippen LogP contribution in [0.25, 0.3) is 11.3 Å². The molecule has 4 rings (SSSR count). The van der Waals surface area contributed by atoms with Crippen LogP contribution in [0.1, 0.15) is 28.2 Å². The predicted molar refractivity (Wildman–Crippen MR) is 119 cm³/mol. The highest BCUT2D eigenvalue weighted by atomic mass is 35.5. The number of nitrogens with one attached hydrogen (secondary N) is 2. The number of hydrogen-bond acceptors (Lipinski definition) is 4. The Morgan fingerprint density at radius 2 is 2.00 bits per heavy atom. The number of rotatable bonds is 5. The summed E-state index contributed by atoms with van der Waals surface area (Å²) in [6, 6.07) is 17.5. The van der Waals surface area contributed by atoms with Crippen molar-refractivity contribution in [2.75, 3.05) is 18.4 Å². The van der Waals surface area contributed by atoms with Gasteiger partial charge in [0.2, 0.25) is 0 Å². The van der Waals surface area contributed by atoms with E-state index in [-0.39, 0.29) is 18.3 Å². The second kappa shape index (κ2) is 9.63. The van der Waals surface area contributed by atoms with Crippen molar-refractivity contribution in [3.05, 3.63) is 77.7 Å². The van der Waals surface area contributed by atoms with Crippen LogP contribution in [0.4, 0.5) is 5.69 Å². The molecule has 5 nitrogen and oxygen atoms in total. The van der Waals surface area contributed by atoms with Gasteiger partial charge in [-0.1, -0.05) is 24.3 Å². The Hall–Kier alpha value is -2.76. The van der Waals surface area contributed by atoms with E-state index in [0.29, 0.717) is 11.5 Å². The maximum atomic E-state index is 12.6. The van der Waals surface area contributed by atoms with Crippen LogP contribution >= 0.6 is 12.4 Å². The van der Waals surface area contributed by atoms with Crippen molar-refractivity contribution in [2.45, 2.75) is 19.8 Å². The number of aryl methyl sites for hydroxylation is 1. The molecule has 0 aliphatic carbocycles. The van der Waals surface area contributed by atoms with Gasteiger partial charge in [-0.05, 0) is 74.7 Å². The molecule has 150 valence electrons. The Labute approximate surface area is 177 Å². The minimum Gasteiger partial charge on any atom is -0.322 e. The molecule has 1 saturated heterocycles. The van der Waals surface area contributed by atoms with Crippen LogP contribution in [-0.4, -0.2) is 29.0 Å². The summed E-state index contributed by atoms with van der Waals surface area (Å²) in [5.41, 5.74) is 4.49. The van der Waals surface area contributed by atoms with Gasteiger partial charge in [-0.3, -0.25) is 4.79 Å². The molecular formula is C23H25ClN4O. The van der Waals surface area contributed by atoms with E-state index in [1.54, 1.807) is 6.20 Å². The smallest absolute Gasteiger partial charge is 0.255 e. The van der Waals surface area contributed by atoms with Crippen molar-refractivity contribution in [3.8, 4) is 11.3 Å². The molecule has 0 spiro atoms. The van der Waals surface area contributed by atoms with Gasteiger partial charge >= 0.3 is 0 Å². The molecule has 1 aliphatic rings. The summed E-state index contributed by atoms with van der Waals surface area (Å²) in [6.07, 6.45) is 4.03. The van der Waals surface area contributed by atoms with E-state index in [2.05, 4.69) is 32.7 Å². The van der Waals surface area contributed by atoms with E-state index in [0.717, 1.165) is 42.3 Å². The summed E-state index contributed by atoms with van der Waals surface area (Å²) < 4.78 is 0. The Balaban J connectivity index is 0.00000240. The molecule has 1 amide bonds. The molecule has 3 aromatic rings. The van der Waals surface area contributed by atoms with Gasteiger partial charge in [0, 0.05) is 23.0 Å². The molecule has 2 aromatic carbocycles. The first kappa shape index (κ1) is 21.0. The van der Waals surface area contributed by atoms with Crippen LogP contribution in [0.2, 0.25) is 0 Å². The Morgan fingerprint density at radius 1 is 1.17 bits per heavy atom. The minimum atomic E-state index is -0.106. The fraction of sp³-hybridized carbons (Fsp3) is 0.261. The van der Waals surface area contributed by atoms with Crippen LogP contribution in [0, 0.1) is 12.8 Å². The average molecular weight is 409 g/mol. The van der Waals surface area contributed by atoms with Crippen LogP contribution < -0.4 is 10.6 Å². The molecule has 2 heterocycles.